The molecule has 5 heteroatoms. The van der Waals surface area contributed by atoms with Crippen LogP contribution in [0.1, 0.15) is 23.2 Å². The van der Waals surface area contributed by atoms with E-state index >= 15 is 0 Å². The van der Waals surface area contributed by atoms with Gasteiger partial charge in [0.05, 0.1) is 10.0 Å². The molecule has 1 aromatic rings. The van der Waals surface area contributed by atoms with E-state index in [0.717, 1.165) is 6.42 Å². The van der Waals surface area contributed by atoms with Crippen LogP contribution in [0.2, 0.25) is 0 Å². The summed E-state index contributed by atoms with van der Waals surface area (Å²) in [6.07, 6.45) is 1.58. The van der Waals surface area contributed by atoms with Crippen molar-refractivity contribution in [1.29, 1.82) is 0 Å². The number of carbonyl (C=O) groups is 1. The van der Waals surface area contributed by atoms with Gasteiger partial charge in [-0.2, -0.15) is 0 Å². The molecule has 1 aromatic carbocycles. The van der Waals surface area contributed by atoms with Crippen molar-refractivity contribution in [2.45, 2.75) is 12.8 Å². The van der Waals surface area contributed by atoms with E-state index in [2.05, 4.69) is 15.9 Å². The first-order valence-electron chi connectivity index (χ1n) is 5.97. The third-order valence-corrected chi connectivity index (χ3v) is 3.90. The first-order chi connectivity index (χ1) is 8.63. The van der Waals surface area contributed by atoms with E-state index in [1.807, 2.05) is 0 Å². The van der Waals surface area contributed by atoms with Crippen LogP contribution in [-0.4, -0.2) is 35.6 Å². The van der Waals surface area contributed by atoms with Gasteiger partial charge in [0.15, 0.2) is 0 Å². The van der Waals surface area contributed by atoms with E-state index in [0.29, 0.717) is 29.9 Å². The summed E-state index contributed by atoms with van der Waals surface area (Å²) in [7, 11) is 0. The molecule has 0 bridgehead atoms. The number of rotatable bonds is 3. The molecule has 0 aliphatic carbocycles. The Kier molecular flexibility index (Phi) is 4.35. The summed E-state index contributed by atoms with van der Waals surface area (Å²) in [6, 6.07) is 4.73. The van der Waals surface area contributed by atoms with Crippen molar-refractivity contribution in [2.75, 3.05) is 19.7 Å². The minimum absolute atomic E-state index is 0.106. The van der Waals surface area contributed by atoms with Gasteiger partial charge in [-0.15, -0.1) is 0 Å². The summed E-state index contributed by atoms with van der Waals surface area (Å²) in [4.78, 5) is 13.8. The normalized spacial score (nSPS) is 19.3. The molecule has 0 spiro atoms. The third kappa shape index (κ3) is 2.72. The maximum atomic E-state index is 13.8. The Morgan fingerprint density at radius 1 is 1.56 bits per heavy atom. The van der Waals surface area contributed by atoms with Crippen molar-refractivity contribution in [1.82, 2.24) is 4.90 Å². The van der Waals surface area contributed by atoms with Gasteiger partial charge in [-0.05, 0) is 46.8 Å². The largest absolute Gasteiger partial charge is 0.396 e. The average molecular weight is 316 g/mol. The lowest BCUT2D eigenvalue weighted by atomic mass is 10.1. The number of nitrogens with zero attached hydrogens (tertiary/aromatic N) is 1. The molecule has 0 saturated carbocycles. The Balaban J connectivity index is 2.11. The Morgan fingerprint density at radius 2 is 2.33 bits per heavy atom. The van der Waals surface area contributed by atoms with Gasteiger partial charge in [0.2, 0.25) is 0 Å². The number of likely N-dealkylation sites (tertiary alicyclic amines) is 1. The average Bonchev–Trinajstić information content (AvgIpc) is 2.81. The van der Waals surface area contributed by atoms with Gasteiger partial charge in [0.25, 0.3) is 5.91 Å². The first-order valence-corrected chi connectivity index (χ1v) is 6.77. The van der Waals surface area contributed by atoms with Gasteiger partial charge < -0.3 is 10.0 Å². The SMILES string of the molecule is O=C(c1cccc(Br)c1F)N1CCC(CCO)C1. The van der Waals surface area contributed by atoms with E-state index in [1.165, 1.54) is 6.07 Å². The molecule has 0 radical (unpaired) electrons. The second-order valence-corrected chi connectivity index (χ2v) is 5.37. The van der Waals surface area contributed by atoms with Gasteiger partial charge in [-0.1, -0.05) is 6.07 Å². The van der Waals surface area contributed by atoms with Crippen molar-refractivity contribution >= 4 is 21.8 Å². The zero-order valence-corrected chi connectivity index (χ0v) is 11.5. The lowest BCUT2D eigenvalue weighted by Crippen LogP contribution is -2.29. The Hall–Kier alpha value is -0.940. The number of benzene rings is 1. The molecule has 1 atom stereocenters. The molecule has 18 heavy (non-hydrogen) atoms. The number of carbonyl (C=O) groups excluding carboxylic acids is 1. The summed E-state index contributed by atoms with van der Waals surface area (Å²) in [5.41, 5.74) is 0.106. The molecule has 1 fully saturated rings. The van der Waals surface area contributed by atoms with E-state index in [-0.39, 0.29) is 18.1 Å². The highest BCUT2D eigenvalue weighted by Gasteiger charge is 2.28. The molecule has 1 unspecified atom stereocenters. The standard InChI is InChI=1S/C13H15BrFNO2/c14-11-3-1-2-10(12(11)15)13(18)16-6-4-9(8-16)5-7-17/h1-3,9,17H,4-8H2. The molecule has 98 valence electrons. The van der Waals surface area contributed by atoms with E-state index in [1.54, 1.807) is 17.0 Å². The van der Waals surface area contributed by atoms with Crippen LogP contribution in [0.25, 0.3) is 0 Å². The van der Waals surface area contributed by atoms with Crippen LogP contribution in [0, 0.1) is 11.7 Å². The molecule has 1 saturated heterocycles. The highest BCUT2D eigenvalue weighted by Crippen LogP contribution is 2.24. The fraction of sp³-hybridized carbons (Fsp3) is 0.462. The van der Waals surface area contributed by atoms with Crippen LogP contribution in [0.3, 0.4) is 0 Å². The van der Waals surface area contributed by atoms with E-state index < -0.39 is 5.82 Å². The van der Waals surface area contributed by atoms with Crippen LogP contribution in [-0.2, 0) is 0 Å². The highest BCUT2D eigenvalue weighted by molar-refractivity contribution is 9.10. The van der Waals surface area contributed by atoms with Gasteiger partial charge in [0, 0.05) is 19.7 Å². The van der Waals surface area contributed by atoms with Crippen molar-refractivity contribution in [3.8, 4) is 0 Å². The molecule has 1 aliphatic rings. The molecular formula is C13H15BrFNO2. The third-order valence-electron chi connectivity index (χ3n) is 3.29. The Labute approximate surface area is 114 Å². The van der Waals surface area contributed by atoms with Gasteiger partial charge in [0.1, 0.15) is 5.82 Å². The topological polar surface area (TPSA) is 40.5 Å². The number of hydrogen-bond acceptors (Lipinski definition) is 2. The second-order valence-electron chi connectivity index (χ2n) is 4.52. The summed E-state index contributed by atoms with van der Waals surface area (Å²) in [6.45, 7) is 1.37. The molecule has 3 nitrogen and oxygen atoms in total. The number of hydrogen-bond donors (Lipinski definition) is 1. The van der Waals surface area contributed by atoms with Crippen molar-refractivity contribution in [3.63, 3.8) is 0 Å². The zero-order chi connectivity index (χ0) is 13.1. The number of amides is 1. The molecule has 1 heterocycles. The summed E-state index contributed by atoms with van der Waals surface area (Å²) < 4.78 is 14.1. The van der Waals surface area contributed by atoms with Gasteiger partial charge >= 0.3 is 0 Å². The minimum Gasteiger partial charge on any atom is -0.396 e. The molecule has 2 rings (SSSR count). The van der Waals surface area contributed by atoms with Crippen molar-refractivity contribution in [2.24, 2.45) is 5.92 Å². The lowest BCUT2D eigenvalue weighted by Gasteiger charge is -2.17. The minimum atomic E-state index is -0.506. The van der Waals surface area contributed by atoms with Gasteiger partial charge in [-0.3, -0.25) is 4.79 Å². The maximum Gasteiger partial charge on any atom is 0.256 e. The Morgan fingerprint density at radius 3 is 3.06 bits per heavy atom. The first kappa shape index (κ1) is 13.5. The van der Waals surface area contributed by atoms with Crippen molar-refractivity contribution in [3.05, 3.63) is 34.1 Å². The molecule has 1 N–H and O–H groups in total. The molecule has 0 aromatic heterocycles. The summed E-state index contributed by atoms with van der Waals surface area (Å²) >= 11 is 3.08. The number of halogens is 2. The van der Waals surface area contributed by atoms with Crippen LogP contribution in [0.5, 0.6) is 0 Å². The van der Waals surface area contributed by atoms with Crippen LogP contribution in [0.15, 0.2) is 22.7 Å². The van der Waals surface area contributed by atoms with E-state index in [4.69, 9.17) is 5.11 Å². The zero-order valence-electron chi connectivity index (χ0n) is 9.90. The van der Waals surface area contributed by atoms with E-state index in [9.17, 15) is 9.18 Å². The molecular weight excluding hydrogens is 301 g/mol. The number of aliphatic hydroxyl groups excluding tert-OH is 1. The quantitative estimate of drug-likeness (QED) is 0.930. The lowest BCUT2D eigenvalue weighted by molar-refractivity contribution is 0.0780. The second kappa shape index (κ2) is 5.80. The van der Waals surface area contributed by atoms with Crippen LogP contribution in [0.4, 0.5) is 4.39 Å². The fourth-order valence-corrected chi connectivity index (χ4v) is 2.64. The predicted octanol–water partition coefficient (Wildman–Crippen LogP) is 2.43. The van der Waals surface area contributed by atoms with Crippen molar-refractivity contribution < 1.29 is 14.3 Å². The smallest absolute Gasteiger partial charge is 0.256 e. The summed E-state index contributed by atoms with van der Waals surface area (Å²) in [5.74, 6) is -0.448. The van der Waals surface area contributed by atoms with Gasteiger partial charge in [-0.25, -0.2) is 4.39 Å². The van der Waals surface area contributed by atoms with Crippen LogP contribution >= 0.6 is 15.9 Å². The molecule has 1 amide bonds. The molecule has 1 aliphatic heterocycles. The monoisotopic (exact) mass is 315 g/mol. The number of aliphatic hydroxyl groups is 1. The predicted molar refractivity (Wildman–Crippen MR) is 69.8 cm³/mol. The fourth-order valence-electron chi connectivity index (χ4n) is 2.27. The van der Waals surface area contributed by atoms with Crippen LogP contribution < -0.4 is 0 Å². The summed E-state index contributed by atoms with van der Waals surface area (Å²) in [5, 5.41) is 8.88. The maximum absolute atomic E-state index is 13.8. The Bertz CT molecular complexity index is 453. The highest BCUT2D eigenvalue weighted by atomic mass is 79.9.